The summed E-state index contributed by atoms with van der Waals surface area (Å²) in [6.45, 7) is 66.1. The average molecular weight is 1260 g/mol. The molecule has 0 spiro atoms. The Morgan fingerprint density at radius 3 is 0.964 bits per heavy atom. The van der Waals surface area contributed by atoms with Crippen LogP contribution >= 0.6 is 58.8 Å². The van der Waals surface area contributed by atoms with E-state index in [0.29, 0.717) is 46.2 Å². The number of hydrogen-bond donors (Lipinski definition) is 2. The molecule has 2 unspecified atom stereocenters. The number of benzene rings is 2. The molecule has 9 nitrogen and oxygen atoms in total. The molecule has 2 aromatic carbocycles. The zero-order valence-corrected chi connectivity index (χ0v) is 63.2. The van der Waals surface area contributed by atoms with Crippen molar-refractivity contribution in [1.29, 1.82) is 0 Å². The number of amides is 2. The summed E-state index contributed by atoms with van der Waals surface area (Å²) in [6.07, 6.45) is 1.17. The zero-order valence-electron chi connectivity index (χ0n) is 59.1. The largest absolute Gasteiger partial charge is 0.349 e. The van der Waals surface area contributed by atoms with Crippen molar-refractivity contribution in [2.75, 3.05) is 30.3 Å². The Hall–Kier alpha value is -2.52. The van der Waals surface area contributed by atoms with Crippen LogP contribution < -0.4 is 10.6 Å². The predicted octanol–water partition coefficient (Wildman–Crippen LogP) is 19.4. The molecule has 484 valence electrons. The topological polar surface area (TPSA) is 144 Å². The maximum Gasteiger partial charge on any atom is 0.251 e. The first kappa shape index (κ1) is 85.7. The second-order valence-corrected chi connectivity index (χ2v) is 41.5. The lowest BCUT2D eigenvalue weighted by molar-refractivity contribution is -0.128. The normalized spacial score (nSPS) is 13.3. The second-order valence-electron chi connectivity index (χ2n) is 31.5. The van der Waals surface area contributed by atoms with Crippen LogP contribution in [0, 0.1) is 27.1 Å². The Morgan fingerprint density at radius 1 is 0.357 bits per heavy atom. The molecule has 0 fully saturated rings. The summed E-state index contributed by atoms with van der Waals surface area (Å²) >= 11 is 9.17. The number of carbonyl (C=O) groups is 7. The minimum absolute atomic E-state index is 0.0256. The highest BCUT2D eigenvalue weighted by molar-refractivity contribution is 8.01. The van der Waals surface area contributed by atoms with Crippen LogP contribution in [0.3, 0.4) is 0 Å². The fourth-order valence-corrected chi connectivity index (χ4v) is 11.8. The Morgan fingerprint density at radius 2 is 0.667 bits per heavy atom. The summed E-state index contributed by atoms with van der Waals surface area (Å²) in [5.74, 6) is 3.12. The Kier molecular flexibility index (Phi) is 36.9. The van der Waals surface area contributed by atoms with Crippen LogP contribution in [0.1, 0.15) is 277 Å². The maximum absolute atomic E-state index is 12.2. The van der Waals surface area contributed by atoms with Gasteiger partial charge in [-0.3, -0.25) is 33.6 Å². The first-order chi connectivity index (χ1) is 37.2. The van der Waals surface area contributed by atoms with Crippen LogP contribution in [0.4, 0.5) is 0 Å². The molecular weight excluding hydrogens is 1140 g/mol. The fourth-order valence-electron chi connectivity index (χ4n) is 6.27. The van der Waals surface area contributed by atoms with Crippen LogP contribution in [-0.4, -0.2) is 94.8 Å². The van der Waals surface area contributed by atoms with Crippen molar-refractivity contribution in [3.8, 4) is 0 Å². The summed E-state index contributed by atoms with van der Waals surface area (Å²) in [6, 6.07) is 15.7. The van der Waals surface area contributed by atoms with Crippen molar-refractivity contribution in [3.63, 3.8) is 0 Å². The molecule has 0 aliphatic carbocycles. The maximum atomic E-state index is 12.2. The van der Waals surface area contributed by atoms with Gasteiger partial charge in [-0.15, -0.1) is 35.3 Å². The highest BCUT2D eigenvalue weighted by atomic mass is 32.2. The van der Waals surface area contributed by atoms with Gasteiger partial charge in [-0.05, 0) is 37.1 Å². The van der Waals surface area contributed by atoms with Gasteiger partial charge in [0.05, 0.1) is 18.8 Å². The molecule has 84 heavy (non-hydrogen) atoms. The predicted molar refractivity (Wildman–Crippen MR) is 377 cm³/mol. The van der Waals surface area contributed by atoms with Crippen LogP contribution in [0.15, 0.2) is 48.5 Å². The number of ketones is 5. The highest BCUT2D eigenvalue weighted by Crippen LogP contribution is 2.39. The third-order valence-corrected chi connectivity index (χ3v) is 18.1. The van der Waals surface area contributed by atoms with Crippen LogP contribution in [0.2, 0.25) is 0 Å². The van der Waals surface area contributed by atoms with Crippen molar-refractivity contribution >= 4 is 99.5 Å². The number of nitrogens with one attached hydrogen (secondary N) is 2. The van der Waals surface area contributed by atoms with E-state index in [1.54, 1.807) is 23.5 Å². The first-order valence-electron chi connectivity index (χ1n) is 29.9. The van der Waals surface area contributed by atoms with Gasteiger partial charge in [0.2, 0.25) is 5.91 Å². The van der Waals surface area contributed by atoms with E-state index in [1.807, 2.05) is 176 Å². The monoisotopic (exact) mass is 1260 g/mol. The van der Waals surface area contributed by atoms with Gasteiger partial charge < -0.3 is 10.6 Å². The molecule has 0 bridgehead atoms. The summed E-state index contributed by atoms with van der Waals surface area (Å²) in [5, 5.41) is 6.19. The smallest absolute Gasteiger partial charge is 0.251 e. The minimum atomic E-state index is -0.434. The number of rotatable bonds is 18. The van der Waals surface area contributed by atoms with E-state index in [1.165, 1.54) is 11.1 Å². The molecule has 2 aromatic rings. The van der Waals surface area contributed by atoms with Crippen molar-refractivity contribution in [2.24, 2.45) is 27.1 Å². The summed E-state index contributed by atoms with van der Waals surface area (Å²) < 4.78 is 1.10. The quantitative estimate of drug-likeness (QED) is 0.137. The van der Waals surface area contributed by atoms with Crippen molar-refractivity contribution in [3.05, 3.63) is 70.8 Å². The number of thioether (sulfide) groups is 5. The second kappa shape index (κ2) is 36.2. The number of hydrogen-bond acceptors (Lipinski definition) is 12. The van der Waals surface area contributed by atoms with E-state index >= 15 is 0 Å². The third-order valence-electron chi connectivity index (χ3n) is 11.6. The molecular formula is C70H122N2O7S5. The van der Waals surface area contributed by atoms with Crippen LogP contribution in [-0.2, 0) is 24.0 Å². The lowest BCUT2D eigenvalue weighted by Crippen LogP contribution is -2.35. The average Bonchev–Trinajstić information content (AvgIpc) is 3.28. The minimum Gasteiger partial charge on any atom is -0.349 e. The molecule has 0 heterocycles. The van der Waals surface area contributed by atoms with Gasteiger partial charge in [-0.25, -0.2) is 0 Å². The molecule has 2 amide bonds. The molecule has 0 saturated heterocycles. The van der Waals surface area contributed by atoms with E-state index in [0.717, 1.165) is 17.1 Å². The fraction of sp³-hybridized carbons (Fsp3) is 0.729. The Balaban J connectivity index is -0.000000996. The van der Waals surface area contributed by atoms with Crippen molar-refractivity contribution in [2.45, 2.75) is 269 Å². The molecule has 2 N–H and O–H groups in total. The summed E-state index contributed by atoms with van der Waals surface area (Å²) in [4.78, 5) is 82.2. The van der Waals surface area contributed by atoms with Gasteiger partial charge in [0, 0.05) is 96.8 Å². The van der Waals surface area contributed by atoms with E-state index in [4.69, 9.17) is 0 Å². The Bertz CT molecular complexity index is 2320. The number of carbonyl (C=O) groups excluding carboxylic acids is 7. The van der Waals surface area contributed by atoms with E-state index < -0.39 is 5.41 Å². The van der Waals surface area contributed by atoms with E-state index in [-0.39, 0.29) is 87.6 Å². The Labute approximate surface area is 537 Å². The molecule has 0 aliphatic heterocycles. The molecule has 0 saturated carbocycles. The van der Waals surface area contributed by atoms with Gasteiger partial charge in [-0.2, -0.15) is 23.5 Å². The van der Waals surface area contributed by atoms with Gasteiger partial charge in [0.25, 0.3) is 5.91 Å². The van der Waals surface area contributed by atoms with Crippen LogP contribution in [0.25, 0.3) is 0 Å². The molecule has 0 aliphatic rings. The van der Waals surface area contributed by atoms with Gasteiger partial charge >= 0.3 is 0 Å². The standard InChI is InChI=1S/C19H29NO2S.C17H26OS.C13H25NO2S.C11H22OS.C10H20OS/c1-13(23-19(5,6)7)14-8-10-15(11-9-14)17(22)20-12-16(21)18(2,3)4;1-12(19-17(5,6)7)13-8-10-14(11-9-13)15(18)16(2,3)4;1-12(2,3)10(15)9-14-11(16)7-8-17-13(4,5)6;1-10(2,3)9(12)7-8-13-11(4,5)6;1-9(2,3)8(11)7-12-10(4,5)6/h8-11,13H,12H2,1-7H3,(H,20,22);8-12H,1-7H3;7-9H2,1-6H3,(H,14,16);7-8H2,1-6H3;7H2,1-6H3. The lowest BCUT2D eigenvalue weighted by Gasteiger charge is -2.23. The highest BCUT2D eigenvalue weighted by Gasteiger charge is 2.27. The third kappa shape index (κ3) is 45.7. The summed E-state index contributed by atoms with van der Waals surface area (Å²) in [7, 11) is 0. The zero-order chi connectivity index (χ0) is 67.1. The van der Waals surface area contributed by atoms with Crippen molar-refractivity contribution in [1.82, 2.24) is 10.6 Å². The van der Waals surface area contributed by atoms with E-state index in [9.17, 15) is 33.6 Å². The molecule has 2 atom stereocenters. The van der Waals surface area contributed by atoms with Crippen LogP contribution in [0.5, 0.6) is 0 Å². The molecule has 0 radical (unpaired) electrons. The SMILES string of the molecule is CC(C)(C)SCC(=O)C(C)(C)C.CC(C)(C)SCCC(=O)C(C)(C)C.CC(C)(C)SCCC(=O)NCC(=O)C(C)(C)C.CC(SC(C)(C)C)c1ccc(C(=O)C(C)(C)C)cc1.CC(SC(C)(C)C)c1ccc(C(=O)NCC(=O)C(C)(C)C)cc1. The summed E-state index contributed by atoms with van der Waals surface area (Å²) in [5.41, 5.74) is 2.40. The van der Waals surface area contributed by atoms with E-state index in [2.05, 4.69) is 140 Å². The molecule has 2 rings (SSSR count). The van der Waals surface area contributed by atoms with Gasteiger partial charge in [0.1, 0.15) is 11.6 Å². The first-order valence-corrected chi connectivity index (χ1v) is 34.6. The lowest BCUT2D eigenvalue weighted by atomic mass is 9.86. The van der Waals surface area contributed by atoms with Gasteiger partial charge in [0.15, 0.2) is 17.3 Å². The molecule has 14 heteroatoms. The molecule has 0 aromatic heterocycles. The number of Topliss-reactive ketones (excluding diaryl/α,β-unsaturated/α-hetero) is 5. The van der Waals surface area contributed by atoms with Crippen molar-refractivity contribution < 1.29 is 33.6 Å². The van der Waals surface area contributed by atoms with Gasteiger partial charge in [-0.1, -0.05) is 244 Å².